The summed E-state index contributed by atoms with van der Waals surface area (Å²) in [5.41, 5.74) is 8.11. The second-order valence-corrected chi connectivity index (χ2v) is 4.62. The number of rotatable bonds is 3. The lowest BCUT2D eigenvalue weighted by molar-refractivity contribution is -0.137. The summed E-state index contributed by atoms with van der Waals surface area (Å²) in [5.74, 6) is 0. The third kappa shape index (κ3) is 3.44. The molecule has 0 saturated heterocycles. The van der Waals surface area contributed by atoms with E-state index in [1.807, 2.05) is 19.1 Å². The van der Waals surface area contributed by atoms with Crippen LogP contribution in [0.2, 0.25) is 0 Å². The van der Waals surface area contributed by atoms with Crippen molar-refractivity contribution in [3.8, 4) is 0 Å². The lowest BCUT2D eigenvalue weighted by atomic mass is 10.1. The van der Waals surface area contributed by atoms with Crippen LogP contribution in [0, 0.1) is 6.92 Å². The summed E-state index contributed by atoms with van der Waals surface area (Å²) in [6.07, 6.45) is -4.32. The molecule has 0 amide bonds. The van der Waals surface area contributed by atoms with Crippen LogP contribution in [-0.2, 0) is 12.7 Å². The van der Waals surface area contributed by atoms with Crippen LogP contribution in [0.25, 0.3) is 0 Å². The first-order valence-electron chi connectivity index (χ1n) is 6.12. The Morgan fingerprint density at radius 1 is 1.10 bits per heavy atom. The van der Waals surface area contributed by atoms with Crippen LogP contribution in [0.3, 0.4) is 0 Å². The van der Waals surface area contributed by atoms with E-state index in [1.165, 1.54) is 6.07 Å². The van der Waals surface area contributed by atoms with Crippen LogP contribution >= 0.6 is 0 Å². The quantitative estimate of drug-likeness (QED) is 0.827. The lowest BCUT2D eigenvalue weighted by Crippen LogP contribution is -2.07. The molecule has 0 unspecified atom stereocenters. The molecule has 3 N–H and O–H groups in total. The highest BCUT2D eigenvalue weighted by Gasteiger charge is 2.30. The third-order valence-electron chi connectivity index (χ3n) is 3.03. The molecule has 0 fully saturated rings. The van der Waals surface area contributed by atoms with Gasteiger partial charge in [-0.15, -0.1) is 0 Å². The predicted octanol–water partition coefficient (Wildman–Crippen LogP) is 4.21. The molecule has 0 saturated carbocycles. The normalized spacial score (nSPS) is 11.4. The molecule has 106 valence electrons. The maximum Gasteiger partial charge on any atom is 0.416 e. The van der Waals surface area contributed by atoms with Gasteiger partial charge in [-0.2, -0.15) is 13.2 Å². The maximum atomic E-state index is 12.6. The molecule has 0 heterocycles. The molecule has 5 heteroatoms. The molecule has 2 aromatic carbocycles. The summed E-state index contributed by atoms with van der Waals surface area (Å²) in [7, 11) is 0. The molecule has 0 spiro atoms. The van der Waals surface area contributed by atoms with Gasteiger partial charge in [0.25, 0.3) is 0 Å². The Hall–Kier alpha value is -2.17. The fourth-order valence-corrected chi connectivity index (χ4v) is 1.81. The summed E-state index contributed by atoms with van der Waals surface area (Å²) in [6, 6.07) is 10.7. The van der Waals surface area contributed by atoms with E-state index in [1.54, 1.807) is 12.1 Å². The topological polar surface area (TPSA) is 38.0 Å². The van der Waals surface area contributed by atoms with Crippen molar-refractivity contribution in [2.45, 2.75) is 19.6 Å². The predicted molar refractivity (Wildman–Crippen MR) is 74.4 cm³/mol. The van der Waals surface area contributed by atoms with Gasteiger partial charge in [0, 0.05) is 17.9 Å². The summed E-state index contributed by atoms with van der Waals surface area (Å²) in [6.45, 7) is 2.21. The van der Waals surface area contributed by atoms with Gasteiger partial charge in [0.2, 0.25) is 0 Å². The Kier molecular flexibility index (Phi) is 3.88. The summed E-state index contributed by atoms with van der Waals surface area (Å²) in [5, 5.41) is 3.06. The number of alkyl halides is 3. The van der Waals surface area contributed by atoms with E-state index in [4.69, 9.17) is 5.73 Å². The first kappa shape index (κ1) is 14.2. The van der Waals surface area contributed by atoms with Gasteiger partial charge in [-0.25, -0.2) is 0 Å². The molecule has 0 radical (unpaired) electrons. The fraction of sp³-hybridized carbons (Fsp3) is 0.200. The number of hydrogen-bond acceptors (Lipinski definition) is 2. The van der Waals surface area contributed by atoms with Crippen LogP contribution in [-0.4, -0.2) is 0 Å². The fourth-order valence-electron chi connectivity index (χ4n) is 1.81. The number of nitrogens with one attached hydrogen (secondary N) is 1. The Morgan fingerprint density at radius 3 is 2.50 bits per heavy atom. The molecule has 2 aromatic rings. The second kappa shape index (κ2) is 5.45. The van der Waals surface area contributed by atoms with Gasteiger partial charge in [-0.05, 0) is 42.3 Å². The molecule has 0 aliphatic heterocycles. The largest absolute Gasteiger partial charge is 0.416 e. The Balaban J connectivity index is 2.09. The van der Waals surface area contributed by atoms with Gasteiger partial charge in [0.05, 0.1) is 5.56 Å². The molecule has 0 aromatic heterocycles. The van der Waals surface area contributed by atoms with Crippen LogP contribution in [0.1, 0.15) is 16.7 Å². The monoisotopic (exact) mass is 280 g/mol. The smallest absolute Gasteiger partial charge is 0.398 e. The number of benzene rings is 2. The molecule has 0 aliphatic carbocycles. The third-order valence-corrected chi connectivity index (χ3v) is 3.03. The molecule has 2 rings (SSSR count). The van der Waals surface area contributed by atoms with Gasteiger partial charge in [-0.1, -0.05) is 18.2 Å². The highest BCUT2D eigenvalue weighted by Crippen LogP contribution is 2.29. The van der Waals surface area contributed by atoms with E-state index in [9.17, 15) is 13.2 Å². The zero-order valence-electron chi connectivity index (χ0n) is 11.0. The van der Waals surface area contributed by atoms with E-state index in [0.717, 1.165) is 23.4 Å². The van der Waals surface area contributed by atoms with E-state index >= 15 is 0 Å². The van der Waals surface area contributed by atoms with Crippen molar-refractivity contribution < 1.29 is 13.2 Å². The van der Waals surface area contributed by atoms with Crippen molar-refractivity contribution in [3.63, 3.8) is 0 Å². The molecular weight excluding hydrogens is 265 g/mol. The first-order valence-corrected chi connectivity index (χ1v) is 6.12. The maximum absolute atomic E-state index is 12.6. The van der Waals surface area contributed by atoms with Crippen molar-refractivity contribution in [2.75, 3.05) is 11.1 Å². The minimum absolute atomic E-state index is 0.312. The van der Waals surface area contributed by atoms with Gasteiger partial charge in [0.15, 0.2) is 0 Å². The van der Waals surface area contributed by atoms with Crippen molar-refractivity contribution in [3.05, 3.63) is 59.2 Å². The average Bonchev–Trinajstić information content (AvgIpc) is 2.39. The number of aryl methyl sites for hydroxylation is 1. The van der Waals surface area contributed by atoms with Gasteiger partial charge < -0.3 is 11.1 Å². The summed E-state index contributed by atoms with van der Waals surface area (Å²) < 4.78 is 37.8. The number of nitrogen functional groups attached to an aromatic ring is 1. The Labute approximate surface area is 115 Å². The van der Waals surface area contributed by atoms with Gasteiger partial charge in [-0.3, -0.25) is 0 Å². The average molecular weight is 280 g/mol. The van der Waals surface area contributed by atoms with Crippen molar-refractivity contribution in [1.29, 1.82) is 0 Å². The van der Waals surface area contributed by atoms with Crippen molar-refractivity contribution in [2.24, 2.45) is 0 Å². The molecule has 0 aliphatic rings. The SMILES string of the molecule is Cc1ccc(NCc2cccc(C(F)(F)F)c2)cc1N. The number of anilines is 2. The Morgan fingerprint density at radius 2 is 1.85 bits per heavy atom. The summed E-state index contributed by atoms with van der Waals surface area (Å²) in [4.78, 5) is 0. The van der Waals surface area contributed by atoms with Crippen LogP contribution < -0.4 is 11.1 Å². The highest BCUT2D eigenvalue weighted by molar-refractivity contribution is 5.58. The van der Waals surface area contributed by atoms with Gasteiger partial charge >= 0.3 is 6.18 Å². The zero-order valence-corrected chi connectivity index (χ0v) is 11.0. The highest BCUT2D eigenvalue weighted by atomic mass is 19.4. The van der Waals surface area contributed by atoms with Crippen molar-refractivity contribution in [1.82, 2.24) is 0 Å². The standard InChI is InChI=1S/C15H15F3N2/c1-10-5-6-13(8-14(10)19)20-9-11-3-2-4-12(7-11)15(16,17)18/h2-8,20H,9,19H2,1H3. The van der Waals surface area contributed by atoms with Crippen LogP contribution in [0.4, 0.5) is 24.5 Å². The van der Waals surface area contributed by atoms with E-state index < -0.39 is 11.7 Å². The molecule has 2 nitrogen and oxygen atoms in total. The van der Waals surface area contributed by atoms with E-state index in [2.05, 4.69) is 5.32 Å². The first-order chi connectivity index (χ1) is 9.36. The molecule has 0 bridgehead atoms. The minimum Gasteiger partial charge on any atom is -0.398 e. The van der Waals surface area contributed by atoms with Crippen LogP contribution in [0.5, 0.6) is 0 Å². The van der Waals surface area contributed by atoms with E-state index in [0.29, 0.717) is 17.8 Å². The van der Waals surface area contributed by atoms with Gasteiger partial charge in [0.1, 0.15) is 0 Å². The van der Waals surface area contributed by atoms with E-state index in [-0.39, 0.29) is 0 Å². The zero-order chi connectivity index (χ0) is 14.8. The number of halogens is 3. The second-order valence-electron chi connectivity index (χ2n) is 4.62. The number of nitrogens with two attached hydrogens (primary N) is 1. The summed E-state index contributed by atoms with van der Waals surface area (Å²) >= 11 is 0. The van der Waals surface area contributed by atoms with Crippen LogP contribution in [0.15, 0.2) is 42.5 Å². The van der Waals surface area contributed by atoms with Crippen molar-refractivity contribution >= 4 is 11.4 Å². The number of hydrogen-bond donors (Lipinski definition) is 2. The molecule has 0 atom stereocenters. The molecule has 20 heavy (non-hydrogen) atoms. The lowest BCUT2D eigenvalue weighted by Gasteiger charge is -2.11. The minimum atomic E-state index is -4.32. The molecular formula is C15H15F3N2. The Bertz CT molecular complexity index is 606.